The number of amides is 1. The molecule has 216 valence electrons. The molecule has 2 aromatic rings. The summed E-state index contributed by atoms with van der Waals surface area (Å²) in [4.78, 5) is 23.1. The quantitative estimate of drug-likeness (QED) is 0.166. The van der Waals surface area contributed by atoms with E-state index in [0.717, 1.165) is 30.8 Å². The number of carbonyl (C=O) groups is 2. The number of esters is 1. The number of rotatable bonds is 22. The molecule has 0 aliphatic heterocycles. The zero-order valence-electron chi connectivity index (χ0n) is 23.1. The van der Waals surface area contributed by atoms with Crippen LogP contribution in [-0.2, 0) is 28.5 Å². The number of hydrogen-bond donors (Lipinski definition) is 2. The monoisotopic (exact) mass is 546 g/mol. The molecule has 2 aromatic carbocycles. The van der Waals surface area contributed by atoms with Crippen LogP contribution in [-0.4, -0.2) is 84.5 Å². The number of anilines is 2. The smallest absolute Gasteiger partial charge is 0.338 e. The Morgan fingerprint density at radius 2 is 1.18 bits per heavy atom. The second kappa shape index (κ2) is 20.7. The van der Waals surface area contributed by atoms with Crippen molar-refractivity contribution in [3.05, 3.63) is 54.1 Å². The Kier molecular flexibility index (Phi) is 17.0. The molecule has 39 heavy (non-hydrogen) atoms. The van der Waals surface area contributed by atoms with Crippen LogP contribution in [0.2, 0.25) is 0 Å². The van der Waals surface area contributed by atoms with Crippen molar-refractivity contribution in [3.63, 3.8) is 0 Å². The van der Waals surface area contributed by atoms with Crippen LogP contribution >= 0.6 is 0 Å². The number of benzene rings is 2. The molecule has 10 nitrogen and oxygen atoms in total. The van der Waals surface area contributed by atoms with Crippen LogP contribution in [0.4, 0.5) is 11.4 Å². The summed E-state index contributed by atoms with van der Waals surface area (Å²) < 4.78 is 32.6. The maximum atomic E-state index is 12.1. The van der Waals surface area contributed by atoms with Gasteiger partial charge in [-0.2, -0.15) is 0 Å². The van der Waals surface area contributed by atoms with E-state index in [1.807, 2.05) is 12.1 Å². The lowest BCUT2D eigenvalue weighted by molar-refractivity contribution is -0.114. The number of unbranched alkanes of at least 4 members (excludes halogenated alkanes) is 1. The van der Waals surface area contributed by atoms with Gasteiger partial charge >= 0.3 is 5.97 Å². The fourth-order valence-corrected chi connectivity index (χ4v) is 3.23. The molecule has 10 heteroatoms. The predicted molar refractivity (Wildman–Crippen MR) is 150 cm³/mol. The van der Waals surface area contributed by atoms with E-state index in [1.165, 1.54) is 6.92 Å². The van der Waals surface area contributed by atoms with Crippen molar-refractivity contribution < 1.29 is 38.0 Å². The Hall–Kier alpha value is -3.18. The fourth-order valence-electron chi connectivity index (χ4n) is 3.23. The summed E-state index contributed by atoms with van der Waals surface area (Å²) in [7, 11) is 0. The molecule has 0 spiro atoms. The van der Waals surface area contributed by atoms with E-state index in [9.17, 15) is 9.59 Å². The summed E-state index contributed by atoms with van der Waals surface area (Å²) in [5, 5.41) is 6.02. The van der Waals surface area contributed by atoms with Crippen molar-refractivity contribution in [1.29, 1.82) is 0 Å². The topological polar surface area (TPSA) is 114 Å². The molecular weight excluding hydrogens is 504 g/mol. The van der Waals surface area contributed by atoms with Gasteiger partial charge in [0.15, 0.2) is 0 Å². The molecule has 2 rings (SSSR count). The van der Waals surface area contributed by atoms with Gasteiger partial charge in [0.2, 0.25) is 5.91 Å². The molecular formula is C29H42N2O8. The first-order valence-corrected chi connectivity index (χ1v) is 13.4. The van der Waals surface area contributed by atoms with E-state index < -0.39 is 0 Å². The lowest BCUT2D eigenvalue weighted by atomic mass is 10.2. The van der Waals surface area contributed by atoms with Crippen molar-refractivity contribution in [2.45, 2.75) is 26.7 Å². The van der Waals surface area contributed by atoms with Crippen LogP contribution in [0.3, 0.4) is 0 Å². The lowest BCUT2D eigenvalue weighted by Crippen LogP contribution is -2.15. The van der Waals surface area contributed by atoms with Gasteiger partial charge in [0.05, 0.1) is 58.4 Å². The fraction of sp³-hybridized carbons (Fsp3) is 0.517. The average Bonchev–Trinajstić information content (AvgIpc) is 2.94. The summed E-state index contributed by atoms with van der Waals surface area (Å²) in [5.41, 5.74) is 2.24. The summed E-state index contributed by atoms with van der Waals surface area (Å²) in [6, 6.07) is 14.4. The Labute approximate surface area is 231 Å². The normalized spacial score (nSPS) is 10.7. The molecule has 0 bridgehead atoms. The van der Waals surface area contributed by atoms with Gasteiger partial charge in [0, 0.05) is 24.8 Å². The van der Waals surface area contributed by atoms with Crippen LogP contribution in [0.5, 0.6) is 5.75 Å². The lowest BCUT2D eigenvalue weighted by Gasteiger charge is -2.09. The van der Waals surface area contributed by atoms with Gasteiger partial charge in [-0.05, 0) is 55.0 Å². The first-order valence-electron chi connectivity index (χ1n) is 13.4. The summed E-state index contributed by atoms with van der Waals surface area (Å²) in [6.45, 7) is 8.60. The standard InChI is InChI=1S/C29H42N2O8/c1-3-4-13-30-26-7-5-25(6-8-26)29(33)39-23-21-37-19-17-35-15-14-34-16-18-36-20-22-38-28-11-9-27(10-12-28)31-24(2)32/h5-12,30H,3-4,13-23H2,1-2H3,(H,31,32). The summed E-state index contributed by atoms with van der Waals surface area (Å²) in [5.74, 6) is 0.237. The van der Waals surface area contributed by atoms with Crippen LogP contribution in [0, 0.1) is 0 Å². The third-order valence-corrected chi connectivity index (χ3v) is 5.23. The Morgan fingerprint density at radius 3 is 1.72 bits per heavy atom. The SMILES string of the molecule is CCCCNc1ccc(C(=O)OCCOCCOCCOCCOCCOc2ccc(NC(C)=O)cc2)cc1. The number of hydrogen-bond acceptors (Lipinski definition) is 9. The minimum atomic E-state index is -0.363. The molecule has 0 saturated carbocycles. The maximum absolute atomic E-state index is 12.1. The van der Waals surface area contributed by atoms with E-state index >= 15 is 0 Å². The zero-order chi connectivity index (χ0) is 28.0. The highest BCUT2D eigenvalue weighted by molar-refractivity contribution is 5.90. The molecule has 0 aromatic heterocycles. The van der Waals surface area contributed by atoms with E-state index in [1.54, 1.807) is 36.4 Å². The Bertz CT molecular complexity index is 922. The van der Waals surface area contributed by atoms with Gasteiger partial charge in [-0.3, -0.25) is 4.79 Å². The second-order valence-corrected chi connectivity index (χ2v) is 8.50. The number of carbonyl (C=O) groups excluding carboxylic acids is 2. The minimum Gasteiger partial charge on any atom is -0.491 e. The van der Waals surface area contributed by atoms with E-state index in [2.05, 4.69) is 17.6 Å². The van der Waals surface area contributed by atoms with Gasteiger partial charge in [0.25, 0.3) is 0 Å². The minimum absolute atomic E-state index is 0.111. The molecule has 1 amide bonds. The molecule has 2 N–H and O–H groups in total. The first-order chi connectivity index (χ1) is 19.1. The highest BCUT2D eigenvalue weighted by Crippen LogP contribution is 2.15. The Balaban J connectivity index is 1.33. The maximum Gasteiger partial charge on any atom is 0.338 e. The molecule has 0 saturated heterocycles. The summed E-state index contributed by atoms with van der Waals surface area (Å²) >= 11 is 0. The molecule has 0 aliphatic carbocycles. The van der Waals surface area contributed by atoms with Crippen LogP contribution in [0.25, 0.3) is 0 Å². The van der Waals surface area contributed by atoms with Crippen LogP contribution in [0.1, 0.15) is 37.0 Å². The Morgan fingerprint density at radius 1 is 0.667 bits per heavy atom. The van der Waals surface area contributed by atoms with Crippen molar-refractivity contribution in [2.75, 3.05) is 83.2 Å². The highest BCUT2D eigenvalue weighted by Gasteiger charge is 2.06. The predicted octanol–water partition coefficient (Wildman–Crippen LogP) is 4.16. The average molecular weight is 547 g/mol. The van der Waals surface area contributed by atoms with E-state index in [0.29, 0.717) is 70.8 Å². The second-order valence-electron chi connectivity index (χ2n) is 8.50. The van der Waals surface area contributed by atoms with Crippen LogP contribution < -0.4 is 15.4 Å². The molecule has 0 aliphatic rings. The number of ether oxygens (including phenoxy) is 6. The van der Waals surface area contributed by atoms with E-state index in [-0.39, 0.29) is 18.5 Å². The van der Waals surface area contributed by atoms with Gasteiger partial charge in [0.1, 0.15) is 19.0 Å². The number of nitrogens with one attached hydrogen (secondary N) is 2. The van der Waals surface area contributed by atoms with Crippen molar-refractivity contribution in [1.82, 2.24) is 0 Å². The van der Waals surface area contributed by atoms with Gasteiger partial charge < -0.3 is 39.1 Å². The van der Waals surface area contributed by atoms with Crippen LogP contribution in [0.15, 0.2) is 48.5 Å². The third kappa shape index (κ3) is 15.7. The van der Waals surface area contributed by atoms with Crippen molar-refractivity contribution >= 4 is 23.3 Å². The molecule has 0 fully saturated rings. The first kappa shape index (κ1) is 32.0. The summed E-state index contributed by atoms with van der Waals surface area (Å²) in [6.07, 6.45) is 2.24. The highest BCUT2D eigenvalue weighted by atomic mass is 16.6. The molecule has 0 atom stereocenters. The third-order valence-electron chi connectivity index (χ3n) is 5.23. The van der Waals surface area contributed by atoms with Gasteiger partial charge in [-0.1, -0.05) is 13.3 Å². The molecule has 0 radical (unpaired) electrons. The molecule has 0 unspecified atom stereocenters. The van der Waals surface area contributed by atoms with E-state index in [4.69, 9.17) is 28.4 Å². The van der Waals surface area contributed by atoms with Gasteiger partial charge in [-0.25, -0.2) is 4.79 Å². The zero-order valence-corrected chi connectivity index (χ0v) is 23.1. The molecule has 0 heterocycles. The largest absolute Gasteiger partial charge is 0.491 e. The van der Waals surface area contributed by atoms with Gasteiger partial charge in [-0.15, -0.1) is 0 Å². The van der Waals surface area contributed by atoms with Crippen molar-refractivity contribution in [3.8, 4) is 5.75 Å². The van der Waals surface area contributed by atoms with Crippen molar-refractivity contribution in [2.24, 2.45) is 0 Å².